The monoisotopic (exact) mass is 290 g/mol. The van der Waals surface area contributed by atoms with Gasteiger partial charge in [0.05, 0.1) is 17.5 Å². The van der Waals surface area contributed by atoms with Crippen LogP contribution >= 0.6 is 0 Å². The number of pyridine rings is 1. The normalized spacial score (nSPS) is 11.6. The van der Waals surface area contributed by atoms with Gasteiger partial charge in [-0.25, -0.2) is 0 Å². The molecule has 0 aliphatic rings. The summed E-state index contributed by atoms with van der Waals surface area (Å²) in [6.45, 7) is 6.51. The van der Waals surface area contributed by atoms with E-state index < -0.39 is 0 Å². The van der Waals surface area contributed by atoms with Gasteiger partial charge in [0.15, 0.2) is 0 Å². The summed E-state index contributed by atoms with van der Waals surface area (Å²) in [4.78, 5) is 4.56. The summed E-state index contributed by atoms with van der Waals surface area (Å²) in [6.07, 6.45) is 5.49. The lowest BCUT2D eigenvalue weighted by Crippen LogP contribution is -2.12. The molecule has 0 atom stereocenters. The minimum atomic E-state index is 0.00371. The van der Waals surface area contributed by atoms with Gasteiger partial charge in [-0.1, -0.05) is 39.0 Å². The number of hydrogen-bond donors (Lipinski definition) is 0. The zero-order chi connectivity index (χ0) is 15.9. The molecule has 0 aliphatic carbocycles. The number of hydrogen-bond acceptors (Lipinski definition) is 3. The minimum Gasteiger partial charge on any atom is -0.275 e. The smallest absolute Gasteiger partial charge is 0.102 e. The molecule has 0 radical (unpaired) electrons. The van der Waals surface area contributed by atoms with Crippen LogP contribution in [0.4, 0.5) is 0 Å². The van der Waals surface area contributed by atoms with Crippen molar-refractivity contribution < 1.29 is 0 Å². The Morgan fingerprint density at radius 1 is 1.14 bits per heavy atom. The van der Waals surface area contributed by atoms with E-state index in [1.54, 1.807) is 10.9 Å². The van der Waals surface area contributed by atoms with Crippen LogP contribution in [0.2, 0.25) is 0 Å². The van der Waals surface area contributed by atoms with Crippen molar-refractivity contribution in [2.24, 2.45) is 7.05 Å². The molecular weight excluding hydrogens is 272 g/mol. The molecule has 4 nitrogen and oxygen atoms in total. The molecule has 3 rings (SSSR count). The van der Waals surface area contributed by atoms with E-state index in [1.807, 2.05) is 31.6 Å². The zero-order valence-corrected chi connectivity index (χ0v) is 13.3. The molecule has 22 heavy (non-hydrogen) atoms. The lowest BCUT2D eigenvalue weighted by molar-refractivity contribution is 0.596. The highest BCUT2D eigenvalue weighted by Gasteiger charge is 2.20. The third-order valence-electron chi connectivity index (χ3n) is 3.83. The molecule has 2 heterocycles. The predicted octanol–water partition coefficient (Wildman–Crippen LogP) is 3.80. The number of benzene rings is 1. The highest BCUT2D eigenvalue weighted by atomic mass is 15.2. The van der Waals surface area contributed by atoms with E-state index in [0.717, 1.165) is 16.3 Å². The van der Waals surface area contributed by atoms with Gasteiger partial charge in [0, 0.05) is 35.8 Å². The Balaban J connectivity index is 2.34. The molecule has 0 saturated carbocycles. The van der Waals surface area contributed by atoms with Crippen LogP contribution in [0.1, 0.15) is 31.9 Å². The molecule has 4 heteroatoms. The van der Waals surface area contributed by atoms with Gasteiger partial charge >= 0.3 is 0 Å². The fraction of sp³-hybridized carbons (Fsp3) is 0.278. The molecule has 110 valence electrons. The first-order valence-corrected chi connectivity index (χ1v) is 7.23. The Kier molecular flexibility index (Phi) is 3.22. The van der Waals surface area contributed by atoms with Gasteiger partial charge in [-0.3, -0.25) is 9.67 Å². The van der Waals surface area contributed by atoms with Gasteiger partial charge in [0.1, 0.15) is 6.07 Å². The van der Waals surface area contributed by atoms with E-state index in [9.17, 15) is 5.26 Å². The maximum Gasteiger partial charge on any atom is 0.102 e. The van der Waals surface area contributed by atoms with Crippen molar-refractivity contribution in [3.05, 3.63) is 47.9 Å². The molecule has 0 spiro atoms. The van der Waals surface area contributed by atoms with Crippen molar-refractivity contribution in [1.29, 1.82) is 5.26 Å². The van der Waals surface area contributed by atoms with Crippen LogP contribution in [0, 0.1) is 11.3 Å². The lowest BCUT2D eigenvalue weighted by atomic mass is 9.83. The number of aryl methyl sites for hydroxylation is 1. The summed E-state index contributed by atoms with van der Waals surface area (Å²) < 4.78 is 1.72. The summed E-state index contributed by atoms with van der Waals surface area (Å²) in [5.41, 5.74) is 3.36. The van der Waals surface area contributed by atoms with Crippen molar-refractivity contribution in [2.45, 2.75) is 26.2 Å². The van der Waals surface area contributed by atoms with Crippen molar-refractivity contribution >= 4 is 10.8 Å². The van der Waals surface area contributed by atoms with Crippen LogP contribution < -0.4 is 0 Å². The number of nitrogens with zero attached hydrogens (tertiary/aromatic N) is 4. The van der Waals surface area contributed by atoms with Gasteiger partial charge in [-0.2, -0.15) is 10.4 Å². The van der Waals surface area contributed by atoms with Crippen molar-refractivity contribution in [2.75, 3.05) is 0 Å². The fourth-order valence-electron chi connectivity index (χ4n) is 2.77. The van der Waals surface area contributed by atoms with E-state index in [4.69, 9.17) is 0 Å². The van der Waals surface area contributed by atoms with E-state index in [1.165, 1.54) is 5.56 Å². The third kappa shape index (κ3) is 2.25. The van der Waals surface area contributed by atoms with Crippen LogP contribution in [-0.4, -0.2) is 14.8 Å². The molecule has 0 fully saturated rings. The maximum absolute atomic E-state index is 9.66. The van der Waals surface area contributed by atoms with E-state index >= 15 is 0 Å². The summed E-state index contributed by atoms with van der Waals surface area (Å²) >= 11 is 0. The molecule has 0 bridgehead atoms. The van der Waals surface area contributed by atoms with Crippen molar-refractivity contribution in [1.82, 2.24) is 14.8 Å². The first-order chi connectivity index (χ1) is 10.4. The number of rotatable bonds is 1. The Hall–Kier alpha value is -2.67. The molecule has 0 unspecified atom stereocenters. The van der Waals surface area contributed by atoms with Gasteiger partial charge in [0.2, 0.25) is 0 Å². The largest absolute Gasteiger partial charge is 0.275 e. The quantitative estimate of drug-likeness (QED) is 0.685. The molecular formula is C18H18N4. The second-order valence-electron chi connectivity index (χ2n) is 6.51. The van der Waals surface area contributed by atoms with E-state index in [2.05, 4.69) is 43.0 Å². The number of nitriles is 1. The minimum absolute atomic E-state index is 0.00371. The Morgan fingerprint density at radius 2 is 1.91 bits per heavy atom. The summed E-state index contributed by atoms with van der Waals surface area (Å²) in [5.74, 6) is 0. The van der Waals surface area contributed by atoms with E-state index in [-0.39, 0.29) is 5.41 Å². The Labute approximate surface area is 130 Å². The van der Waals surface area contributed by atoms with Crippen LogP contribution in [0.25, 0.3) is 22.0 Å². The van der Waals surface area contributed by atoms with Crippen LogP contribution in [-0.2, 0) is 12.5 Å². The average Bonchev–Trinajstić information content (AvgIpc) is 2.90. The maximum atomic E-state index is 9.66. The van der Waals surface area contributed by atoms with Crippen molar-refractivity contribution in [3.63, 3.8) is 0 Å². The highest BCUT2D eigenvalue weighted by Crippen LogP contribution is 2.33. The predicted molar refractivity (Wildman–Crippen MR) is 87.4 cm³/mol. The zero-order valence-electron chi connectivity index (χ0n) is 13.3. The second-order valence-corrected chi connectivity index (χ2v) is 6.51. The topological polar surface area (TPSA) is 54.5 Å². The van der Waals surface area contributed by atoms with Gasteiger partial charge < -0.3 is 0 Å². The van der Waals surface area contributed by atoms with Crippen molar-refractivity contribution in [3.8, 4) is 17.3 Å². The van der Waals surface area contributed by atoms with E-state index in [0.29, 0.717) is 11.3 Å². The standard InChI is InChI=1S/C18H18N4/c1-18(2,3)16-7-5-6-13-14(8-19)17(20-10-15(13)16)12-9-21-22(4)11-12/h5-7,9-11H,1-4H3. The van der Waals surface area contributed by atoms with Crippen LogP contribution in [0.5, 0.6) is 0 Å². The number of fused-ring (bicyclic) bond motifs is 1. The highest BCUT2D eigenvalue weighted by molar-refractivity contribution is 5.94. The summed E-state index contributed by atoms with van der Waals surface area (Å²) in [7, 11) is 1.86. The molecule has 1 aromatic carbocycles. The first kappa shape index (κ1) is 14.3. The lowest BCUT2D eigenvalue weighted by Gasteiger charge is -2.21. The fourth-order valence-corrected chi connectivity index (χ4v) is 2.77. The molecule has 0 aliphatic heterocycles. The molecule has 0 saturated heterocycles. The number of aromatic nitrogens is 3. The Morgan fingerprint density at radius 3 is 2.50 bits per heavy atom. The molecule has 0 N–H and O–H groups in total. The van der Waals surface area contributed by atoms with Gasteiger partial charge in [-0.15, -0.1) is 0 Å². The SMILES string of the molecule is Cn1cc(-c2ncc3c(C(C)(C)C)cccc3c2C#N)cn1. The average molecular weight is 290 g/mol. The first-order valence-electron chi connectivity index (χ1n) is 7.23. The van der Waals surface area contributed by atoms with Gasteiger partial charge in [-0.05, 0) is 11.0 Å². The Bertz CT molecular complexity index is 892. The van der Waals surface area contributed by atoms with Crippen LogP contribution in [0.3, 0.4) is 0 Å². The van der Waals surface area contributed by atoms with Crippen LogP contribution in [0.15, 0.2) is 36.8 Å². The summed E-state index contributed by atoms with van der Waals surface area (Å²) in [6, 6.07) is 8.43. The second kappa shape index (κ2) is 4.96. The summed E-state index contributed by atoms with van der Waals surface area (Å²) in [5, 5.41) is 15.8. The molecule has 0 amide bonds. The molecule has 2 aromatic heterocycles. The van der Waals surface area contributed by atoms with Gasteiger partial charge in [0.25, 0.3) is 0 Å². The molecule has 3 aromatic rings. The third-order valence-corrected chi connectivity index (χ3v) is 3.83.